The number of carbonyl (C=O) groups excluding carboxylic acids is 3. The Labute approximate surface area is 220 Å². The zero-order chi connectivity index (χ0) is 26.9. The highest BCUT2D eigenvalue weighted by Crippen LogP contribution is 2.36. The maximum Gasteiger partial charge on any atom is 0.328 e. The third-order valence-electron chi connectivity index (χ3n) is 7.34. The van der Waals surface area contributed by atoms with Gasteiger partial charge in [-0.3, -0.25) is 9.59 Å². The summed E-state index contributed by atoms with van der Waals surface area (Å²) >= 11 is 0. The Kier molecular flexibility index (Phi) is 10.7. The van der Waals surface area contributed by atoms with Gasteiger partial charge < -0.3 is 24.3 Å². The van der Waals surface area contributed by atoms with Crippen molar-refractivity contribution >= 4 is 17.8 Å². The predicted molar refractivity (Wildman–Crippen MR) is 137 cm³/mol. The second kappa shape index (κ2) is 13.7. The van der Waals surface area contributed by atoms with Crippen LogP contribution in [0.4, 0.5) is 0 Å². The molecule has 2 aliphatic rings. The molecule has 4 atom stereocenters. The van der Waals surface area contributed by atoms with Crippen molar-refractivity contribution in [3.05, 3.63) is 18.0 Å². The summed E-state index contributed by atoms with van der Waals surface area (Å²) in [5.41, 5.74) is -0.157. The summed E-state index contributed by atoms with van der Waals surface area (Å²) in [6, 6.07) is 0.526. The van der Waals surface area contributed by atoms with Crippen LogP contribution in [0, 0.1) is 17.8 Å². The van der Waals surface area contributed by atoms with Crippen LogP contribution < -0.4 is 14.8 Å². The number of pyridine rings is 1. The number of amides is 1. The van der Waals surface area contributed by atoms with E-state index in [-0.39, 0.29) is 23.3 Å². The molecule has 2 fully saturated rings. The van der Waals surface area contributed by atoms with E-state index in [0.29, 0.717) is 24.4 Å². The van der Waals surface area contributed by atoms with E-state index in [1.165, 1.54) is 64.8 Å². The van der Waals surface area contributed by atoms with Crippen LogP contribution in [-0.2, 0) is 19.1 Å². The largest absolute Gasteiger partial charge is 0.493 e. The van der Waals surface area contributed by atoms with Gasteiger partial charge >= 0.3 is 11.9 Å². The first-order chi connectivity index (χ1) is 17.7. The Morgan fingerprint density at radius 3 is 2.41 bits per heavy atom. The summed E-state index contributed by atoms with van der Waals surface area (Å²) in [6.45, 7) is 7.51. The average molecular weight is 519 g/mol. The normalized spacial score (nSPS) is 18.9. The van der Waals surface area contributed by atoms with Crippen molar-refractivity contribution in [1.82, 2.24) is 10.3 Å². The Hall–Kier alpha value is -2.68. The molecule has 0 spiro atoms. The second-order valence-electron chi connectivity index (χ2n) is 10.4. The van der Waals surface area contributed by atoms with Crippen LogP contribution in [0.2, 0.25) is 0 Å². The lowest BCUT2D eigenvalue weighted by Gasteiger charge is -2.33. The molecule has 1 N–H and O–H groups in total. The molecule has 1 aromatic heterocycles. The van der Waals surface area contributed by atoms with Gasteiger partial charge in [-0.2, -0.15) is 0 Å². The van der Waals surface area contributed by atoms with Gasteiger partial charge in [0.2, 0.25) is 5.75 Å². The Bertz CT molecular complexity index is 927. The number of nitrogens with zero attached hydrogens (tertiary/aromatic N) is 1. The number of rotatable bonds is 14. The number of aromatic nitrogens is 1. The fraction of sp³-hybridized carbons (Fsp3) is 0.714. The molecule has 206 valence electrons. The SMILES string of the molecule is CC[C@H](CC1CCCC1)[C@@H](OCC1CC1)[C@H](C)OC(=O)[C@H](C)NC(=O)c1nccc(OC)c1OC(C)=O. The topological polar surface area (TPSA) is 113 Å². The molecule has 3 rings (SSSR count). The molecule has 0 unspecified atom stereocenters. The van der Waals surface area contributed by atoms with E-state index in [4.69, 9.17) is 18.9 Å². The molecular weight excluding hydrogens is 476 g/mol. The smallest absolute Gasteiger partial charge is 0.328 e. The van der Waals surface area contributed by atoms with E-state index in [1.54, 1.807) is 6.92 Å². The van der Waals surface area contributed by atoms with Crippen LogP contribution >= 0.6 is 0 Å². The minimum Gasteiger partial charge on any atom is -0.493 e. The lowest BCUT2D eigenvalue weighted by molar-refractivity contribution is -0.162. The minimum atomic E-state index is -0.952. The molecule has 2 aliphatic carbocycles. The van der Waals surface area contributed by atoms with Crippen molar-refractivity contribution in [3.63, 3.8) is 0 Å². The van der Waals surface area contributed by atoms with E-state index in [1.807, 2.05) is 6.92 Å². The third kappa shape index (κ3) is 8.42. The number of hydrogen-bond donors (Lipinski definition) is 1. The molecule has 0 radical (unpaired) electrons. The van der Waals surface area contributed by atoms with Crippen LogP contribution in [0.1, 0.15) is 89.5 Å². The lowest BCUT2D eigenvalue weighted by Crippen LogP contribution is -2.44. The number of nitrogens with one attached hydrogen (secondary N) is 1. The van der Waals surface area contributed by atoms with Gasteiger partial charge in [0, 0.05) is 25.8 Å². The first-order valence-electron chi connectivity index (χ1n) is 13.6. The lowest BCUT2D eigenvalue weighted by atomic mass is 9.85. The molecule has 1 amide bonds. The van der Waals surface area contributed by atoms with Crippen molar-refractivity contribution in [2.24, 2.45) is 17.8 Å². The summed E-state index contributed by atoms with van der Waals surface area (Å²) in [6.07, 6.45) is 10.2. The highest BCUT2D eigenvalue weighted by molar-refractivity contribution is 5.98. The molecule has 0 aliphatic heterocycles. The molecule has 9 nitrogen and oxygen atoms in total. The number of ether oxygens (including phenoxy) is 4. The molecule has 1 aromatic rings. The second-order valence-corrected chi connectivity index (χ2v) is 10.4. The number of methoxy groups -OCH3 is 1. The number of hydrogen-bond acceptors (Lipinski definition) is 8. The van der Waals surface area contributed by atoms with Crippen LogP contribution in [0.3, 0.4) is 0 Å². The fourth-order valence-electron chi connectivity index (χ4n) is 5.07. The molecule has 0 bridgehead atoms. The standard InChI is InChI=1S/C28H42N2O7/c1-6-22(15-20-9-7-8-10-20)25(35-16-21-11-12-21)18(3)36-28(33)17(2)30-27(32)24-26(37-19(4)31)23(34-5)13-14-29-24/h13-14,17-18,20-22,25H,6-12,15-16H2,1-5H3,(H,30,32)/t17-,18-,22+,25-/m0/s1. The summed E-state index contributed by atoms with van der Waals surface area (Å²) in [7, 11) is 1.39. The summed E-state index contributed by atoms with van der Waals surface area (Å²) in [5, 5.41) is 2.60. The van der Waals surface area contributed by atoms with Crippen LogP contribution in [0.25, 0.3) is 0 Å². The Morgan fingerprint density at radius 1 is 1.11 bits per heavy atom. The van der Waals surface area contributed by atoms with Crippen molar-refractivity contribution in [3.8, 4) is 11.5 Å². The van der Waals surface area contributed by atoms with Gasteiger partial charge in [-0.25, -0.2) is 9.78 Å². The van der Waals surface area contributed by atoms with Crippen molar-refractivity contribution in [2.75, 3.05) is 13.7 Å². The van der Waals surface area contributed by atoms with Crippen LogP contribution in [-0.4, -0.2) is 54.8 Å². The maximum atomic E-state index is 13.0. The minimum absolute atomic E-state index is 0.102. The first kappa shape index (κ1) is 28.9. The Balaban J connectivity index is 1.64. The van der Waals surface area contributed by atoms with E-state index < -0.39 is 30.0 Å². The molecule has 2 saturated carbocycles. The number of esters is 2. The predicted octanol–water partition coefficient (Wildman–Crippen LogP) is 4.47. The van der Waals surface area contributed by atoms with E-state index >= 15 is 0 Å². The van der Waals surface area contributed by atoms with Gasteiger partial charge in [-0.05, 0) is 50.9 Å². The third-order valence-corrected chi connectivity index (χ3v) is 7.34. The molecule has 1 heterocycles. The van der Waals surface area contributed by atoms with Crippen molar-refractivity contribution < 1.29 is 33.3 Å². The molecule has 9 heteroatoms. The van der Waals surface area contributed by atoms with Gasteiger partial charge in [0.05, 0.1) is 13.2 Å². The van der Waals surface area contributed by atoms with Crippen LogP contribution in [0.5, 0.6) is 11.5 Å². The highest BCUT2D eigenvalue weighted by Gasteiger charge is 2.35. The highest BCUT2D eigenvalue weighted by atomic mass is 16.6. The summed E-state index contributed by atoms with van der Waals surface area (Å²) in [5.74, 6) is -0.161. The van der Waals surface area contributed by atoms with Gasteiger partial charge in [-0.1, -0.05) is 39.0 Å². The van der Waals surface area contributed by atoms with Gasteiger partial charge in [0.15, 0.2) is 11.4 Å². The van der Waals surface area contributed by atoms with E-state index in [0.717, 1.165) is 12.8 Å². The summed E-state index contributed by atoms with van der Waals surface area (Å²) in [4.78, 5) is 41.5. The molecule has 0 saturated heterocycles. The fourth-order valence-corrected chi connectivity index (χ4v) is 5.07. The number of carbonyl (C=O) groups is 3. The van der Waals surface area contributed by atoms with Crippen molar-refractivity contribution in [1.29, 1.82) is 0 Å². The van der Waals surface area contributed by atoms with Gasteiger partial charge in [-0.15, -0.1) is 0 Å². The molecular formula is C28H42N2O7. The average Bonchev–Trinajstić information content (AvgIpc) is 3.55. The quantitative estimate of drug-likeness (QED) is 0.359. The van der Waals surface area contributed by atoms with Gasteiger partial charge in [0.25, 0.3) is 5.91 Å². The Morgan fingerprint density at radius 2 is 1.81 bits per heavy atom. The maximum absolute atomic E-state index is 13.0. The van der Waals surface area contributed by atoms with Crippen molar-refractivity contribution in [2.45, 2.75) is 97.3 Å². The monoisotopic (exact) mass is 518 g/mol. The zero-order valence-electron chi connectivity index (χ0n) is 22.8. The first-order valence-corrected chi connectivity index (χ1v) is 13.6. The zero-order valence-corrected chi connectivity index (χ0v) is 22.8. The van der Waals surface area contributed by atoms with Gasteiger partial charge in [0.1, 0.15) is 12.1 Å². The summed E-state index contributed by atoms with van der Waals surface area (Å²) < 4.78 is 22.5. The molecule has 0 aromatic carbocycles. The van der Waals surface area contributed by atoms with Crippen LogP contribution in [0.15, 0.2) is 12.3 Å². The van der Waals surface area contributed by atoms with E-state index in [2.05, 4.69) is 17.2 Å². The van der Waals surface area contributed by atoms with E-state index in [9.17, 15) is 14.4 Å². The molecule has 37 heavy (non-hydrogen) atoms.